The van der Waals surface area contributed by atoms with E-state index in [1.807, 2.05) is 13.0 Å². The van der Waals surface area contributed by atoms with Crippen molar-refractivity contribution in [1.82, 2.24) is 5.06 Å². The molecule has 1 fully saturated rings. The van der Waals surface area contributed by atoms with Crippen LogP contribution in [0.2, 0.25) is 0 Å². The van der Waals surface area contributed by atoms with Gasteiger partial charge in [0.15, 0.2) is 0 Å². The van der Waals surface area contributed by atoms with E-state index in [9.17, 15) is 5.21 Å². The van der Waals surface area contributed by atoms with E-state index in [1.54, 1.807) is 6.08 Å². The summed E-state index contributed by atoms with van der Waals surface area (Å²) in [6.45, 7) is 9.59. The Kier molecular flexibility index (Phi) is 7.96. The maximum absolute atomic E-state index is 9.62. The third-order valence-corrected chi connectivity index (χ3v) is 4.65. The van der Waals surface area contributed by atoms with Crippen LogP contribution in [-0.2, 0) is 0 Å². The minimum atomic E-state index is 0.456. The first-order valence-electron chi connectivity index (χ1n) is 9.23. The fourth-order valence-corrected chi connectivity index (χ4v) is 3.40. The Morgan fingerprint density at radius 2 is 2.16 bits per heavy atom. The van der Waals surface area contributed by atoms with E-state index in [2.05, 4.69) is 49.9 Å². The normalized spacial score (nSPS) is 23.2. The van der Waals surface area contributed by atoms with E-state index >= 15 is 0 Å². The molecule has 1 heterocycles. The van der Waals surface area contributed by atoms with Gasteiger partial charge in [-0.25, -0.2) is 0 Å². The summed E-state index contributed by atoms with van der Waals surface area (Å²) in [5.74, 6) is 1.90. The van der Waals surface area contributed by atoms with Crippen LogP contribution in [0.3, 0.4) is 0 Å². The Labute approximate surface area is 152 Å². The van der Waals surface area contributed by atoms with Gasteiger partial charge >= 0.3 is 0 Å². The molecule has 3 heteroatoms. The lowest BCUT2D eigenvalue weighted by Gasteiger charge is -2.33. The standard InChI is InChI=1S/C19H25NO2.C3H6/c1-15-13-20(21)11-10-19(15)17-8-5-9-18(12-17)22-14-16-6-3-2-4-7-16;1-3-2/h3,5-9,12,15,19,21H,2,4,10-11,13-14H2,1H3;3H,1H2,2H3/t15-,19+;/m0./s1. The first kappa shape index (κ1) is 19.5. The second-order valence-electron chi connectivity index (χ2n) is 6.81. The molecule has 3 nitrogen and oxygen atoms in total. The molecule has 0 unspecified atom stereocenters. The Morgan fingerprint density at radius 3 is 2.84 bits per heavy atom. The summed E-state index contributed by atoms with van der Waals surface area (Å²) < 4.78 is 5.95. The molecule has 0 bridgehead atoms. The van der Waals surface area contributed by atoms with Gasteiger partial charge in [-0.1, -0.05) is 43.4 Å². The number of piperidine rings is 1. The summed E-state index contributed by atoms with van der Waals surface area (Å²) in [5.41, 5.74) is 2.59. The van der Waals surface area contributed by atoms with Gasteiger partial charge in [-0.3, -0.25) is 0 Å². The van der Waals surface area contributed by atoms with Gasteiger partial charge < -0.3 is 9.94 Å². The van der Waals surface area contributed by atoms with Gasteiger partial charge in [-0.2, -0.15) is 5.06 Å². The summed E-state index contributed by atoms with van der Waals surface area (Å²) >= 11 is 0. The largest absolute Gasteiger partial charge is 0.489 e. The first-order chi connectivity index (χ1) is 12.1. The van der Waals surface area contributed by atoms with Crippen LogP contribution >= 0.6 is 0 Å². The van der Waals surface area contributed by atoms with Crippen LogP contribution in [-0.4, -0.2) is 30.0 Å². The Bertz CT molecular complexity index is 606. The third kappa shape index (κ3) is 6.18. The number of ether oxygens (including phenoxy) is 1. The smallest absolute Gasteiger partial charge is 0.120 e. The van der Waals surface area contributed by atoms with E-state index in [4.69, 9.17) is 4.74 Å². The van der Waals surface area contributed by atoms with Crippen LogP contribution < -0.4 is 4.74 Å². The number of hydrogen-bond acceptors (Lipinski definition) is 3. The zero-order chi connectivity index (χ0) is 18.1. The van der Waals surface area contributed by atoms with Crippen LogP contribution in [0.1, 0.15) is 44.6 Å². The predicted molar refractivity (Wildman–Crippen MR) is 104 cm³/mol. The number of hydroxylamine groups is 2. The number of benzene rings is 1. The van der Waals surface area contributed by atoms with Crippen LogP contribution in [0, 0.1) is 5.92 Å². The van der Waals surface area contributed by atoms with E-state index in [0.29, 0.717) is 18.4 Å². The molecular formula is C22H31NO2. The highest BCUT2D eigenvalue weighted by Gasteiger charge is 2.26. The summed E-state index contributed by atoms with van der Waals surface area (Å²) in [6, 6.07) is 8.46. The zero-order valence-corrected chi connectivity index (χ0v) is 15.5. The summed E-state index contributed by atoms with van der Waals surface area (Å²) in [7, 11) is 0. The third-order valence-electron chi connectivity index (χ3n) is 4.65. The van der Waals surface area contributed by atoms with Crippen molar-refractivity contribution >= 4 is 0 Å². The quantitative estimate of drug-likeness (QED) is 0.749. The first-order valence-corrected chi connectivity index (χ1v) is 9.23. The van der Waals surface area contributed by atoms with Crippen molar-refractivity contribution in [2.24, 2.45) is 5.92 Å². The summed E-state index contributed by atoms with van der Waals surface area (Å²) in [5, 5.41) is 11.1. The van der Waals surface area contributed by atoms with Gasteiger partial charge in [0.05, 0.1) is 0 Å². The monoisotopic (exact) mass is 341 g/mol. The topological polar surface area (TPSA) is 32.7 Å². The van der Waals surface area contributed by atoms with Gasteiger partial charge in [0.2, 0.25) is 0 Å². The van der Waals surface area contributed by atoms with Gasteiger partial charge in [0.1, 0.15) is 12.4 Å². The number of hydrogen-bond donors (Lipinski definition) is 1. The van der Waals surface area contributed by atoms with Crippen LogP contribution in [0.25, 0.3) is 0 Å². The van der Waals surface area contributed by atoms with Crippen LogP contribution in [0.5, 0.6) is 5.75 Å². The lowest BCUT2D eigenvalue weighted by Crippen LogP contribution is -2.35. The van der Waals surface area contributed by atoms with Gasteiger partial charge in [-0.15, -0.1) is 6.58 Å². The molecule has 136 valence electrons. The summed E-state index contributed by atoms with van der Waals surface area (Å²) in [4.78, 5) is 0. The van der Waals surface area contributed by atoms with Crippen molar-refractivity contribution in [3.63, 3.8) is 0 Å². The van der Waals surface area contributed by atoms with Gasteiger partial charge in [0, 0.05) is 13.1 Å². The van der Waals surface area contributed by atoms with Crippen LogP contribution in [0.15, 0.2) is 60.7 Å². The maximum atomic E-state index is 9.62. The second kappa shape index (κ2) is 10.2. The Balaban J connectivity index is 0.000000701. The zero-order valence-electron chi connectivity index (χ0n) is 15.5. The molecule has 0 aromatic heterocycles. The molecule has 1 aliphatic heterocycles. The maximum Gasteiger partial charge on any atom is 0.120 e. The predicted octanol–water partition coefficient (Wildman–Crippen LogP) is 5.35. The highest BCUT2D eigenvalue weighted by atomic mass is 16.5. The lowest BCUT2D eigenvalue weighted by molar-refractivity contribution is -0.119. The second-order valence-corrected chi connectivity index (χ2v) is 6.81. The molecule has 1 aromatic carbocycles. The minimum Gasteiger partial charge on any atom is -0.489 e. The Morgan fingerprint density at radius 1 is 1.36 bits per heavy atom. The van der Waals surface area contributed by atoms with Crippen molar-refractivity contribution in [3.05, 3.63) is 66.3 Å². The highest BCUT2D eigenvalue weighted by molar-refractivity contribution is 5.32. The molecule has 3 rings (SSSR count). The van der Waals surface area contributed by atoms with E-state index in [-0.39, 0.29) is 0 Å². The molecule has 2 aliphatic rings. The van der Waals surface area contributed by atoms with Gasteiger partial charge in [-0.05, 0) is 61.3 Å². The SMILES string of the molecule is C=CC.C[C@H]1CN(O)CC[C@H]1c1cccc(OCC2=CCCC=C2)c1. The van der Waals surface area contributed by atoms with E-state index in [0.717, 1.165) is 38.1 Å². The highest BCUT2D eigenvalue weighted by Crippen LogP contribution is 2.33. The molecule has 1 saturated heterocycles. The number of nitrogens with zero attached hydrogens (tertiary/aromatic N) is 1. The Hall–Kier alpha value is -1.84. The van der Waals surface area contributed by atoms with Crippen molar-refractivity contribution in [2.45, 2.75) is 39.0 Å². The molecular weight excluding hydrogens is 310 g/mol. The molecule has 1 N–H and O–H groups in total. The van der Waals surface area contributed by atoms with Gasteiger partial charge in [0.25, 0.3) is 0 Å². The molecule has 0 amide bonds. The fraction of sp³-hybridized carbons (Fsp3) is 0.455. The molecule has 0 spiro atoms. The average molecular weight is 341 g/mol. The van der Waals surface area contributed by atoms with Crippen molar-refractivity contribution in [2.75, 3.05) is 19.7 Å². The van der Waals surface area contributed by atoms with Crippen LogP contribution in [0.4, 0.5) is 0 Å². The fourth-order valence-electron chi connectivity index (χ4n) is 3.40. The van der Waals surface area contributed by atoms with E-state index < -0.39 is 0 Å². The lowest BCUT2D eigenvalue weighted by atomic mass is 9.82. The molecule has 0 radical (unpaired) electrons. The van der Waals surface area contributed by atoms with Crippen molar-refractivity contribution < 1.29 is 9.94 Å². The molecule has 1 aliphatic carbocycles. The minimum absolute atomic E-state index is 0.456. The molecule has 2 atom stereocenters. The van der Waals surface area contributed by atoms with Crippen molar-refractivity contribution in [1.29, 1.82) is 0 Å². The number of allylic oxidation sites excluding steroid dienone is 3. The van der Waals surface area contributed by atoms with E-state index in [1.165, 1.54) is 16.2 Å². The molecule has 1 aromatic rings. The summed E-state index contributed by atoms with van der Waals surface area (Å²) in [6.07, 6.45) is 11.6. The number of rotatable bonds is 4. The van der Waals surface area contributed by atoms with Crippen molar-refractivity contribution in [3.8, 4) is 5.75 Å². The average Bonchev–Trinajstić information content (AvgIpc) is 2.62. The molecule has 25 heavy (non-hydrogen) atoms. The molecule has 0 saturated carbocycles.